The SMILES string of the molecule is C[C@@H](N(C)Cc1cc(O)c2c(c1C(F)(F)F)C[C@H]1C[C@H]3[C@H](N(C)C)C(=O)C(C(N)=O)=C(O)[C@@]3(O)C(=O)C1=C2O)C(C)(C)C. The Morgan fingerprint density at radius 3 is 2.21 bits per heavy atom. The number of nitrogens with zero attached hydrogens (tertiary/aromatic N) is 2. The summed E-state index contributed by atoms with van der Waals surface area (Å²) in [6.07, 6.45) is -5.67. The molecular weight excluding hydrogens is 571 g/mol. The summed E-state index contributed by atoms with van der Waals surface area (Å²) in [4.78, 5) is 42.3. The van der Waals surface area contributed by atoms with Crippen LogP contribution in [-0.2, 0) is 33.5 Å². The number of halogens is 3. The van der Waals surface area contributed by atoms with Crippen molar-refractivity contribution >= 4 is 23.2 Å². The third-order valence-electron chi connectivity index (χ3n) is 9.42. The Labute approximate surface area is 247 Å². The molecule has 43 heavy (non-hydrogen) atoms. The second-order valence-electron chi connectivity index (χ2n) is 13.2. The number of aromatic hydroxyl groups is 1. The molecule has 1 saturated carbocycles. The summed E-state index contributed by atoms with van der Waals surface area (Å²) in [6, 6.07) is -0.579. The van der Waals surface area contributed by atoms with E-state index in [4.69, 9.17) is 5.73 Å². The number of rotatable bonds is 5. The lowest BCUT2D eigenvalue weighted by Crippen LogP contribution is -2.65. The molecule has 0 aromatic heterocycles. The summed E-state index contributed by atoms with van der Waals surface area (Å²) >= 11 is 0. The smallest absolute Gasteiger partial charge is 0.417 e. The first-order chi connectivity index (χ1) is 19.6. The molecule has 3 aliphatic carbocycles. The molecule has 1 aromatic rings. The Kier molecular flexibility index (Phi) is 7.82. The molecule has 3 aliphatic rings. The highest BCUT2D eigenvalue weighted by Crippen LogP contribution is 2.54. The molecule has 0 spiro atoms. The molecule has 4 rings (SSSR count). The van der Waals surface area contributed by atoms with Crippen molar-refractivity contribution in [1.82, 2.24) is 9.80 Å². The van der Waals surface area contributed by atoms with Crippen LogP contribution in [0.3, 0.4) is 0 Å². The first-order valence-electron chi connectivity index (χ1n) is 13.9. The van der Waals surface area contributed by atoms with Crippen LogP contribution < -0.4 is 5.73 Å². The highest BCUT2D eigenvalue weighted by molar-refractivity contribution is 6.24. The van der Waals surface area contributed by atoms with Gasteiger partial charge in [-0.1, -0.05) is 20.8 Å². The van der Waals surface area contributed by atoms with E-state index in [-0.39, 0.29) is 30.0 Å². The number of carbonyl (C=O) groups excluding carboxylic acids is 3. The number of alkyl halides is 3. The number of hydrogen-bond acceptors (Lipinski definition) is 9. The number of aliphatic hydroxyl groups excluding tert-OH is 2. The molecule has 6 N–H and O–H groups in total. The molecule has 0 aliphatic heterocycles. The van der Waals surface area contributed by atoms with Crippen molar-refractivity contribution < 1.29 is 48.0 Å². The van der Waals surface area contributed by atoms with E-state index in [1.165, 1.54) is 19.0 Å². The van der Waals surface area contributed by atoms with Gasteiger partial charge in [0, 0.05) is 24.1 Å². The number of phenolic OH excluding ortho intramolecular Hbond substituents is 1. The summed E-state index contributed by atoms with van der Waals surface area (Å²) in [7, 11) is 4.55. The number of fused-ring (bicyclic) bond motifs is 3. The van der Waals surface area contributed by atoms with Crippen molar-refractivity contribution in [1.29, 1.82) is 0 Å². The Balaban J connectivity index is 1.95. The number of benzene rings is 1. The van der Waals surface area contributed by atoms with E-state index in [9.17, 15) is 48.0 Å². The van der Waals surface area contributed by atoms with Crippen LogP contribution in [0.4, 0.5) is 13.2 Å². The average molecular weight is 610 g/mol. The second-order valence-corrected chi connectivity index (χ2v) is 13.2. The van der Waals surface area contributed by atoms with E-state index in [0.29, 0.717) is 0 Å². The van der Waals surface area contributed by atoms with Crippen LogP contribution in [-0.4, -0.2) is 86.5 Å². The fourth-order valence-electron chi connectivity index (χ4n) is 6.93. The van der Waals surface area contributed by atoms with Gasteiger partial charge in [-0.3, -0.25) is 24.2 Å². The van der Waals surface area contributed by atoms with Crippen molar-refractivity contribution in [3.8, 4) is 5.75 Å². The first-order valence-corrected chi connectivity index (χ1v) is 13.9. The van der Waals surface area contributed by atoms with Crippen LogP contribution in [0.25, 0.3) is 5.76 Å². The predicted molar refractivity (Wildman–Crippen MR) is 150 cm³/mol. The molecule has 1 aromatic carbocycles. The van der Waals surface area contributed by atoms with Gasteiger partial charge in [0.05, 0.1) is 17.2 Å². The van der Waals surface area contributed by atoms with Gasteiger partial charge >= 0.3 is 6.18 Å². The predicted octanol–water partition coefficient (Wildman–Crippen LogP) is 2.85. The van der Waals surface area contributed by atoms with E-state index in [1.54, 1.807) is 11.9 Å². The number of likely N-dealkylation sites (N-methyl/N-ethyl adjacent to an activating group) is 1. The molecule has 0 bridgehead atoms. The van der Waals surface area contributed by atoms with Crippen molar-refractivity contribution in [3.63, 3.8) is 0 Å². The summed E-state index contributed by atoms with van der Waals surface area (Å²) in [6.45, 7) is 7.55. The van der Waals surface area contributed by atoms with Gasteiger partial charge in [0.25, 0.3) is 5.91 Å². The highest BCUT2D eigenvalue weighted by Gasteiger charge is 2.64. The molecule has 0 radical (unpaired) electrons. The number of carbonyl (C=O) groups is 3. The Bertz CT molecular complexity index is 1470. The van der Waals surface area contributed by atoms with Gasteiger partial charge in [-0.25, -0.2) is 0 Å². The third-order valence-corrected chi connectivity index (χ3v) is 9.42. The Morgan fingerprint density at radius 2 is 1.72 bits per heavy atom. The number of aliphatic hydroxyl groups is 3. The number of phenols is 1. The summed E-state index contributed by atoms with van der Waals surface area (Å²) in [5.74, 6) is -9.06. The molecule has 0 heterocycles. The second kappa shape index (κ2) is 10.3. The maximum absolute atomic E-state index is 14.8. The van der Waals surface area contributed by atoms with E-state index < -0.39 is 98.7 Å². The molecule has 1 fully saturated rings. The number of nitrogens with two attached hydrogens (primary N) is 1. The van der Waals surface area contributed by atoms with Crippen molar-refractivity contribution in [2.75, 3.05) is 21.1 Å². The van der Waals surface area contributed by atoms with Crippen LogP contribution >= 0.6 is 0 Å². The maximum atomic E-state index is 14.8. The quantitative estimate of drug-likeness (QED) is 0.316. The lowest BCUT2D eigenvalue weighted by molar-refractivity contribution is -0.153. The van der Waals surface area contributed by atoms with Crippen LogP contribution in [0.2, 0.25) is 0 Å². The number of ketones is 2. The minimum absolute atomic E-state index is 0.155. The van der Waals surface area contributed by atoms with Gasteiger partial charge in [0.15, 0.2) is 11.4 Å². The standard InChI is InChI=1S/C30H38F3N3O7/c1-12(28(2,3)4)36(7)11-14-10-17(37)19-15(21(14)30(31,32)33)8-13-9-16-22(35(5)6)24(39)20(27(34)42)26(41)29(16,43)25(40)18(13)23(19)38/h10,12-13,16,22,37-38,41,43H,8-9,11H2,1-7H3,(H2,34,42)/t12-,13+,16+,22+,29+/m1/s1. The maximum Gasteiger partial charge on any atom is 0.417 e. The highest BCUT2D eigenvalue weighted by atomic mass is 19.4. The van der Waals surface area contributed by atoms with E-state index in [2.05, 4.69) is 0 Å². The monoisotopic (exact) mass is 609 g/mol. The van der Waals surface area contributed by atoms with Gasteiger partial charge in [0.2, 0.25) is 5.78 Å². The summed E-state index contributed by atoms with van der Waals surface area (Å²) in [5, 5.41) is 44.8. The van der Waals surface area contributed by atoms with Gasteiger partial charge < -0.3 is 26.2 Å². The van der Waals surface area contributed by atoms with Crippen LogP contribution in [0, 0.1) is 17.3 Å². The first kappa shape index (κ1) is 32.5. The third kappa shape index (κ3) is 4.91. The number of amides is 1. The minimum Gasteiger partial charge on any atom is -0.508 e. The largest absolute Gasteiger partial charge is 0.508 e. The average Bonchev–Trinajstić information content (AvgIpc) is 2.83. The van der Waals surface area contributed by atoms with E-state index >= 15 is 0 Å². The Morgan fingerprint density at radius 1 is 1.14 bits per heavy atom. The zero-order valence-electron chi connectivity index (χ0n) is 25.1. The fourth-order valence-corrected chi connectivity index (χ4v) is 6.93. The lowest BCUT2D eigenvalue weighted by Gasteiger charge is -2.50. The van der Waals surface area contributed by atoms with Crippen molar-refractivity contribution in [2.24, 2.45) is 23.0 Å². The molecule has 0 saturated heterocycles. The fraction of sp³-hybridized carbons (Fsp3) is 0.567. The van der Waals surface area contributed by atoms with E-state index in [1.807, 2.05) is 27.7 Å². The topological polar surface area (TPSA) is 165 Å². The summed E-state index contributed by atoms with van der Waals surface area (Å²) in [5.41, 5.74) is -1.60. The number of primary amides is 1. The van der Waals surface area contributed by atoms with Crippen molar-refractivity contribution in [2.45, 2.75) is 70.9 Å². The molecule has 5 atom stereocenters. The molecule has 13 heteroatoms. The molecule has 10 nitrogen and oxygen atoms in total. The van der Waals surface area contributed by atoms with Gasteiger partial charge in [-0.05, 0) is 69.4 Å². The minimum atomic E-state index is -4.90. The van der Waals surface area contributed by atoms with Crippen LogP contribution in [0.5, 0.6) is 5.75 Å². The van der Waals surface area contributed by atoms with E-state index in [0.717, 1.165) is 6.07 Å². The Hall–Kier alpha value is -3.42. The zero-order chi connectivity index (χ0) is 32.7. The number of Topliss-reactive ketones (excluding diaryl/α,β-unsaturated/α-hetero) is 2. The lowest BCUT2D eigenvalue weighted by atomic mass is 9.57. The molecule has 1 amide bonds. The van der Waals surface area contributed by atoms with Crippen molar-refractivity contribution in [3.05, 3.63) is 45.2 Å². The van der Waals surface area contributed by atoms with Gasteiger partial charge in [0.1, 0.15) is 22.8 Å². The zero-order valence-corrected chi connectivity index (χ0v) is 25.1. The molecular formula is C30H38F3N3O7. The van der Waals surface area contributed by atoms with Gasteiger partial charge in [-0.15, -0.1) is 0 Å². The normalized spacial score (nSPS) is 27.0. The molecule has 0 unspecified atom stereocenters. The van der Waals surface area contributed by atoms with Crippen LogP contribution in [0.15, 0.2) is 23.0 Å². The van der Waals surface area contributed by atoms with Crippen LogP contribution in [0.1, 0.15) is 56.4 Å². The molecule has 236 valence electrons. The summed E-state index contributed by atoms with van der Waals surface area (Å²) < 4.78 is 44.3. The number of hydrogen-bond donors (Lipinski definition) is 5. The van der Waals surface area contributed by atoms with Gasteiger partial charge in [-0.2, -0.15) is 13.2 Å².